The summed E-state index contributed by atoms with van der Waals surface area (Å²) < 4.78 is 28.3. The maximum absolute atomic E-state index is 12.2. The maximum atomic E-state index is 12.2. The summed E-state index contributed by atoms with van der Waals surface area (Å²) in [6, 6.07) is 28.8. The van der Waals surface area contributed by atoms with Crippen LogP contribution in [-0.2, 0) is 48.6 Å². The first-order valence-electron chi connectivity index (χ1n) is 14.0. The molecule has 232 valence electrons. The number of hydrogen-bond donors (Lipinski definition) is 0. The van der Waals surface area contributed by atoms with Crippen molar-refractivity contribution in [3.63, 3.8) is 0 Å². The van der Waals surface area contributed by atoms with Gasteiger partial charge >= 0.3 is 23.9 Å². The molecule has 0 aliphatic carbocycles. The third-order valence-electron chi connectivity index (χ3n) is 6.61. The Balaban J connectivity index is 1.70. The van der Waals surface area contributed by atoms with Gasteiger partial charge in [-0.3, -0.25) is 19.2 Å². The number of thioether (sulfide) groups is 1. The van der Waals surface area contributed by atoms with Crippen molar-refractivity contribution in [3.8, 4) is 0 Å². The van der Waals surface area contributed by atoms with Crippen molar-refractivity contribution < 1.29 is 42.9 Å². The third kappa shape index (κ3) is 8.91. The molecule has 1 aliphatic heterocycles. The Morgan fingerprint density at radius 1 is 0.659 bits per heavy atom. The van der Waals surface area contributed by atoms with E-state index in [1.54, 1.807) is 0 Å². The highest BCUT2D eigenvalue weighted by molar-refractivity contribution is 7.99. The van der Waals surface area contributed by atoms with Gasteiger partial charge < -0.3 is 23.7 Å². The highest BCUT2D eigenvalue weighted by atomic mass is 32.2. The Bertz CT molecular complexity index is 1400. The molecule has 3 aromatic carbocycles. The van der Waals surface area contributed by atoms with Gasteiger partial charge in [0.2, 0.25) is 0 Å². The fourth-order valence-electron chi connectivity index (χ4n) is 4.93. The summed E-state index contributed by atoms with van der Waals surface area (Å²) in [7, 11) is -0.904. The molecular weight excluding hydrogens is 603 g/mol. The lowest BCUT2D eigenvalue weighted by molar-refractivity contribution is -0.237. The van der Waals surface area contributed by atoms with Crippen molar-refractivity contribution in [3.05, 3.63) is 90.5 Å². The maximum Gasteiger partial charge on any atom is 0.303 e. The Hall–Kier alpha value is -3.72. The first-order valence-corrected chi connectivity index (χ1v) is 16.4. The zero-order chi connectivity index (χ0) is 31.6. The van der Waals surface area contributed by atoms with Gasteiger partial charge in [0, 0.05) is 33.4 Å². The van der Waals surface area contributed by atoms with Crippen molar-refractivity contribution in [2.45, 2.75) is 63.3 Å². The van der Waals surface area contributed by atoms with E-state index >= 15 is 0 Å². The first kappa shape index (κ1) is 33.2. The van der Waals surface area contributed by atoms with E-state index in [4.69, 9.17) is 23.7 Å². The van der Waals surface area contributed by atoms with Crippen molar-refractivity contribution in [1.82, 2.24) is 0 Å². The fraction of sp³-hybridized carbons (Fsp3) is 0.333. The molecule has 1 heterocycles. The van der Waals surface area contributed by atoms with Crippen LogP contribution in [0.2, 0.25) is 0 Å². The highest BCUT2D eigenvalue weighted by Crippen LogP contribution is 2.38. The number of carbonyl (C=O) groups excluding carboxylic acids is 4. The molecule has 1 aliphatic rings. The lowest BCUT2D eigenvalue weighted by Gasteiger charge is -2.44. The fourth-order valence-corrected chi connectivity index (χ4v) is 8.72. The van der Waals surface area contributed by atoms with Crippen molar-refractivity contribution in [1.29, 1.82) is 0 Å². The number of carbonyl (C=O) groups is 4. The molecular formula is C33H35O9PS. The topological polar surface area (TPSA) is 114 Å². The van der Waals surface area contributed by atoms with E-state index < -0.39 is 61.7 Å². The minimum absolute atomic E-state index is 0.265. The third-order valence-corrected chi connectivity index (χ3v) is 10.3. The molecule has 1 saturated heterocycles. The summed E-state index contributed by atoms with van der Waals surface area (Å²) in [5, 5.41) is 3.54. The molecule has 1 fully saturated rings. The Labute approximate surface area is 262 Å². The number of rotatable bonds is 11. The van der Waals surface area contributed by atoms with Gasteiger partial charge in [0.15, 0.2) is 18.3 Å². The lowest BCUT2D eigenvalue weighted by Crippen LogP contribution is -2.61. The molecule has 3 aromatic rings. The number of hydrogen-bond acceptors (Lipinski definition) is 10. The van der Waals surface area contributed by atoms with E-state index in [1.807, 2.05) is 48.5 Å². The van der Waals surface area contributed by atoms with Gasteiger partial charge in [0.1, 0.15) is 18.1 Å². The van der Waals surface area contributed by atoms with Crippen LogP contribution in [0.4, 0.5) is 0 Å². The molecule has 0 aromatic heterocycles. The monoisotopic (exact) mass is 638 g/mol. The predicted octanol–water partition coefficient (Wildman–Crippen LogP) is 3.76. The molecule has 4 rings (SSSR count). The van der Waals surface area contributed by atoms with Crippen molar-refractivity contribution in [2.24, 2.45) is 0 Å². The van der Waals surface area contributed by atoms with Crippen LogP contribution in [0.3, 0.4) is 0 Å². The quantitative estimate of drug-likeness (QED) is 0.175. The second kappa shape index (κ2) is 15.8. The van der Waals surface area contributed by atoms with E-state index in [9.17, 15) is 19.2 Å². The average Bonchev–Trinajstić information content (AvgIpc) is 2.99. The van der Waals surface area contributed by atoms with Gasteiger partial charge in [0.25, 0.3) is 0 Å². The largest absolute Gasteiger partial charge is 0.463 e. The summed E-state index contributed by atoms with van der Waals surface area (Å²) >= 11 is 1.35. The van der Waals surface area contributed by atoms with E-state index in [2.05, 4.69) is 36.4 Å². The van der Waals surface area contributed by atoms with Gasteiger partial charge in [-0.15, -0.1) is 11.8 Å². The molecule has 0 radical (unpaired) electrons. The second-order valence-corrected chi connectivity index (χ2v) is 13.3. The van der Waals surface area contributed by atoms with Crippen LogP contribution in [0.15, 0.2) is 84.9 Å². The SMILES string of the molecule is CC(=O)OC[C@H]1O[C@@H](SCc2ccccc2P(c2ccccc2)c2ccccc2)[C@H](OC(C)=O)[C@@H](OC(C)=O)[C@@H]1OC(C)=O. The molecule has 0 N–H and O–H groups in total. The number of benzene rings is 3. The van der Waals surface area contributed by atoms with Crippen molar-refractivity contribution >= 4 is 59.5 Å². The molecule has 0 amide bonds. The Morgan fingerprint density at radius 2 is 1.16 bits per heavy atom. The van der Waals surface area contributed by atoms with Crippen LogP contribution in [-0.4, -0.2) is 60.3 Å². The van der Waals surface area contributed by atoms with Crippen LogP contribution >= 0.6 is 19.7 Å². The van der Waals surface area contributed by atoms with Gasteiger partial charge in [-0.25, -0.2) is 0 Å². The standard InChI is InChI=1S/C33H35O9PS/c1-21(34)38-19-28-30(39-22(2)35)31(40-23(3)36)32(41-24(4)37)33(42-28)44-20-25-13-11-12-18-29(25)43(26-14-7-5-8-15-26)27-16-9-6-10-17-27/h5-18,28,30-33H,19-20H2,1-4H3/t28-,30-,31+,32-,33+/m1/s1. The lowest BCUT2D eigenvalue weighted by atomic mass is 9.99. The number of ether oxygens (including phenoxy) is 5. The average molecular weight is 639 g/mol. The van der Waals surface area contributed by atoms with E-state index in [0.717, 1.165) is 10.9 Å². The molecule has 0 unspecified atom stereocenters. The molecule has 5 atom stereocenters. The summed E-state index contributed by atoms with van der Waals surface area (Å²) in [5.41, 5.74) is 0.188. The predicted molar refractivity (Wildman–Crippen MR) is 168 cm³/mol. The van der Waals surface area contributed by atoms with Crippen LogP contribution in [0.5, 0.6) is 0 Å². The minimum Gasteiger partial charge on any atom is -0.463 e. The van der Waals surface area contributed by atoms with Crippen LogP contribution < -0.4 is 15.9 Å². The van der Waals surface area contributed by atoms with Gasteiger partial charge in [-0.05, 0) is 29.4 Å². The van der Waals surface area contributed by atoms with Gasteiger partial charge in [0.05, 0.1) is 0 Å². The minimum atomic E-state index is -1.20. The van der Waals surface area contributed by atoms with E-state index in [-0.39, 0.29) is 6.61 Å². The molecule has 0 spiro atoms. The van der Waals surface area contributed by atoms with Crippen LogP contribution in [0, 0.1) is 0 Å². The highest BCUT2D eigenvalue weighted by Gasteiger charge is 2.52. The van der Waals surface area contributed by atoms with Crippen LogP contribution in [0.25, 0.3) is 0 Å². The van der Waals surface area contributed by atoms with Gasteiger partial charge in [-0.2, -0.15) is 0 Å². The molecule has 9 nitrogen and oxygen atoms in total. The number of esters is 4. The zero-order valence-electron chi connectivity index (χ0n) is 24.9. The molecule has 0 bridgehead atoms. The summed E-state index contributed by atoms with van der Waals surface area (Å²) in [4.78, 5) is 48.1. The Morgan fingerprint density at radius 3 is 1.70 bits per heavy atom. The summed E-state index contributed by atoms with van der Waals surface area (Å²) in [6.45, 7) is 4.62. The summed E-state index contributed by atoms with van der Waals surface area (Å²) in [6.07, 6.45) is -4.49. The summed E-state index contributed by atoms with van der Waals surface area (Å²) in [5.74, 6) is -2.07. The van der Waals surface area contributed by atoms with Gasteiger partial charge in [-0.1, -0.05) is 84.9 Å². The first-order chi connectivity index (χ1) is 21.1. The normalized spacial score (nSPS) is 21.2. The van der Waals surface area contributed by atoms with E-state index in [0.29, 0.717) is 5.75 Å². The van der Waals surface area contributed by atoms with Crippen molar-refractivity contribution in [2.75, 3.05) is 6.61 Å². The Kier molecular flexibility index (Phi) is 11.9. The van der Waals surface area contributed by atoms with Crippen LogP contribution in [0.1, 0.15) is 33.3 Å². The molecule has 11 heteroatoms. The smallest absolute Gasteiger partial charge is 0.303 e. The second-order valence-electron chi connectivity index (χ2n) is 10.0. The zero-order valence-corrected chi connectivity index (χ0v) is 26.6. The molecule has 44 heavy (non-hydrogen) atoms. The molecule has 0 saturated carbocycles. The van der Waals surface area contributed by atoms with E-state index in [1.165, 1.54) is 50.1 Å².